The number of ketones is 1. The second kappa shape index (κ2) is 9.40. The van der Waals surface area contributed by atoms with E-state index in [2.05, 4.69) is 16.8 Å². The second-order valence-corrected chi connectivity index (χ2v) is 10.3. The van der Waals surface area contributed by atoms with Gasteiger partial charge in [0.05, 0.1) is 27.7 Å². The largest absolute Gasteiger partial charge is 0.360 e. The first-order chi connectivity index (χ1) is 15.3. The molecule has 0 unspecified atom stereocenters. The number of hydrogen-bond acceptors (Lipinski definition) is 5. The maximum Gasteiger partial charge on any atom is 0.255 e. The number of pyridine rings is 1. The summed E-state index contributed by atoms with van der Waals surface area (Å²) in [4.78, 5) is 45.9. The number of aryl methyl sites for hydroxylation is 2. The lowest BCUT2D eigenvalue weighted by Crippen LogP contribution is -2.38. The Morgan fingerprint density at radius 2 is 1.91 bits per heavy atom. The van der Waals surface area contributed by atoms with Crippen molar-refractivity contribution >= 4 is 39.6 Å². The number of carbonyl (C=O) groups is 2. The van der Waals surface area contributed by atoms with Gasteiger partial charge in [-0.05, 0) is 58.1 Å². The normalized spacial score (nSPS) is 17.4. The second-order valence-electron chi connectivity index (χ2n) is 8.82. The minimum Gasteiger partial charge on any atom is -0.360 e. The third-order valence-corrected chi connectivity index (χ3v) is 8.37. The molecule has 0 saturated heterocycles. The monoisotopic (exact) mass is 475 g/mol. The van der Waals surface area contributed by atoms with Gasteiger partial charge in [0, 0.05) is 42.5 Å². The van der Waals surface area contributed by atoms with Crippen LogP contribution >= 0.6 is 22.9 Å². The number of hydrogen-bond donors (Lipinski definition) is 1. The van der Waals surface area contributed by atoms with E-state index < -0.39 is 0 Å². The zero-order valence-electron chi connectivity index (χ0n) is 18.9. The third-order valence-electron chi connectivity index (χ3n) is 6.65. The van der Waals surface area contributed by atoms with E-state index in [0.717, 1.165) is 53.2 Å². The number of nitrogens with one attached hydrogen (secondary N) is 1. The van der Waals surface area contributed by atoms with Gasteiger partial charge in [-0.3, -0.25) is 14.4 Å². The highest BCUT2D eigenvalue weighted by Crippen LogP contribution is 2.41. The van der Waals surface area contributed by atoms with Crippen LogP contribution in [0.25, 0.3) is 0 Å². The minimum absolute atomic E-state index is 0.0246. The fourth-order valence-corrected chi connectivity index (χ4v) is 6.73. The van der Waals surface area contributed by atoms with Gasteiger partial charge in [-0.2, -0.15) is 0 Å². The number of aromatic amines is 1. The Kier molecular flexibility index (Phi) is 6.77. The molecule has 0 atom stereocenters. The van der Waals surface area contributed by atoms with Crippen LogP contribution in [0.1, 0.15) is 71.1 Å². The number of H-pyrrole nitrogens is 1. The predicted molar refractivity (Wildman–Crippen MR) is 129 cm³/mol. The topological polar surface area (TPSA) is 73.5 Å². The highest BCUT2D eigenvalue weighted by Gasteiger charge is 2.32. The van der Waals surface area contributed by atoms with Crippen LogP contribution < -0.4 is 10.5 Å². The Hall–Kier alpha value is -2.12. The number of fused-ring (bicyclic) bond motifs is 1. The van der Waals surface area contributed by atoms with E-state index >= 15 is 0 Å². The first-order valence-corrected chi connectivity index (χ1v) is 12.6. The van der Waals surface area contributed by atoms with Gasteiger partial charge >= 0.3 is 0 Å². The van der Waals surface area contributed by atoms with Crippen molar-refractivity contribution in [3.05, 3.63) is 48.7 Å². The number of Topliss-reactive ketones (excluding diaryl/α,β-unsaturated/α-hetero) is 1. The molecule has 2 aliphatic rings. The zero-order valence-corrected chi connectivity index (χ0v) is 20.5. The molecule has 2 aromatic rings. The van der Waals surface area contributed by atoms with Gasteiger partial charge in [-0.25, -0.2) is 0 Å². The van der Waals surface area contributed by atoms with E-state index in [1.807, 2.05) is 6.92 Å². The molecule has 4 rings (SSSR count). The molecule has 0 aromatic carbocycles. The summed E-state index contributed by atoms with van der Waals surface area (Å²) >= 11 is 8.07. The molecule has 0 bridgehead atoms. The first kappa shape index (κ1) is 23.1. The maximum absolute atomic E-state index is 13.6. The standard InChI is InChI=1S/C24H30ClN3O3S/c1-4-28(16-7-9-17(29)10-8-16)24-15(3)21-20(32-24)6-5-11-27(23(21)31)13-18-19(25)12-14(2)26-22(18)30/h12,16H,4-11,13H2,1-3H3,(H,26,30). The first-order valence-electron chi connectivity index (χ1n) is 11.4. The van der Waals surface area contributed by atoms with Gasteiger partial charge in [0.2, 0.25) is 0 Å². The lowest BCUT2D eigenvalue weighted by atomic mass is 9.93. The summed E-state index contributed by atoms with van der Waals surface area (Å²) in [6.45, 7) is 7.62. The molecular weight excluding hydrogens is 446 g/mol. The van der Waals surface area contributed by atoms with Crippen molar-refractivity contribution < 1.29 is 9.59 Å². The molecular formula is C24H30ClN3O3S. The fourth-order valence-electron chi connectivity index (χ4n) is 4.95. The zero-order chi connectivity index (χ0) is 23.0. The highest BCUT2D eigenvalue weighted by atomic mass is 35.5. The van der Waals surface area contributed by atoms with Gasteiger partial charge in [0.25, 0.3) is 11.5 Å². The van der Waals surface area contributed by atoms with E-state index in [4.69, 9.17) is 11.6 Å². The number of thiophene rings is 1. The van der Waals surface area contributed by atoms with Crippen molar-refractivity contribution in [3.8, 4) is 0 Å². The van der Waals surface area contributed by atoms with E-state index in [-0.39, 0.29) is 18.0 Å². The van der Waals surface area contributed by atoms with Gasteiger partial charge in [0.15, 0.2) is 0 Å². The summed E-state index contributed by atoms with van der Waals surface area (Å²) in [5.41, 5.74) is 2.70. The Bertz CT molecular complexity index is 1100. The molecule has 2 aromatic heterocycles. The van der Waals surface area contributed by atoms with Crippen LogP contribution in [-0.4, -0.2) is 40.7 Å². The maximum atomic E-state index is 13.6. The van der Waals surface area contributed by atoms with Crippen molar-refractivity contribution in [2.75, 3.05) is 18.0 Å². The van der Waals surface area contributed by atoms with Gasteiger partial charge in [-0.15, -0.1) is 11.3 Å². The molecule has 1 amide bonds. The van der Waals surface area contributed by atoms with E-state index in [0.29, 0.717) is 47.5 Å². The molecule has 1 N–H and O–H groups in total. The lowest BCUT2D eigenvalue weighted by molar-refractivity contribution is -0.120. The van der Waals surface area contributed by atoms with Crippen LogP contribution in [0.3, 0.4) is 0 Å². The van der Waals surface area contributed by atoms with Crippen LogP contribution in [0, 0.1) is 13.8 Å². The molecule has 0 radical (unpaired) electrons. The molecule has 3 heterocycles. The Labute approximate surface area is 197 Å². The van der Waals surface area contributed by atoms with Gasteiger partial charge in [-0.1, -0.05) is 11.6 Å². The van der Waals surface area contributed by atoms with E-state index in [9.17, 15) is 14.4 Å². The summed E-state index contributed by atoms with van der Waals surface area (Å²) in [6.07, 6.45) is 4.74. The molecule has 172 valence electrons. The molecule has 8 heteroatoms. The van der Waals surface area contributed by atoms with Crippen molar-refractivity contribution in [2.24, 2.45) is 0 Å². The SMILES string of the molecule is CCN(c1sc2c(c1C)C(=O)N(Cc1c(Cl)cc(C)[nH]c1=O)CCC2)C1CCC(=O)CC1. The number of carbonyl (C=O) groups excluding carboxylic acids is 2. The smallest absolute Gasteiger partial charge is 0.255 e. The average Bonchev–Trinajstić information content (AvgIpc) is 2.97. The number of halogens is 1. The van der Waals surface area contributed by atoms with Crippen molar-refractivity contribution in [2.45, 2.75) is 71.9 Å². The Balaban J connectivity index is 1.64. The number of amides is 1. The van der Waals surface area contributed by atoms with Crippen LogP contribution in [0.15, 0.2) is 10.9 Å². The number of rotatable bonds is 5. The molecule has 1 fully saturated rings. The summed E-state index contributed by atoms with van der Waals surface area (Å²) in [6, 6.07) is 2.07. The molecule has 6 nitrogen and oxygen atoms in total. The van der Waals surface area contributed by atoms with Crippen LogP contribution in [0.2, 0.25) is 5.02 Å². The Morgan fingerprint density at radius 1 is 1.19 bits per heavy atom. The quantitative estimate of drug-likeness (QED) is 0.684. The summed E-state index contributed by atoms with van der Waals surface area (Å²) < 4.78 is 0. The number of anilines is 1. The number of aromatic nitrogens is 1. The molecule has 1 aliphatic heterocycles. The summed E-state index contributed by atoms with van der Waals surface area (Å²) in [5, 5.41) is 1.55. The van der Waals surface area contributed by atoms with Crippen LogP contribution in [-0.2, 0) is 17.8 Å². The Morgan fingerprint density at radius 3 is 2.56 bits per heavy atom. The van der Waals surface area contributed by atoms with Crippen molar-refractivity contribution in [1.29, 1.82) is 0 Å². The van der Waals surface area contributed by atoms with Crippen molar-refractivity contribution in [3.63, 3.8) is 0 Å². The molecule has 32 heavy (non-hydrogen) atoms. The van der Waals surface area contributed by atoms with E-state index in [1.165, 1.54) is 0 Å². The van der Waals surface area contributed by atoms with E-state index in [1.54, 1.807) is 29.2 Å². The molecule has 1 saturated carbocycles. The third kappa shape index (κ3) is 4.37. The summed E-state index contributed by atoms with van der Waals surface area (Å²) in [5.74, 6) is 0.329. The van der Waals surface area contributed by atoms with Gasteiger partial charge in [0.1, 0.15) is 5.78 Å². The highest BCUT2D eigenvalue weighted by molar-refractivity contribution is 7.16. The number of nitrogens with zero attached hydrogens (tertiary/aromatic N) is 2. The fraction of sp³-hybridized carbons (Fsp3) is 0.542. The van der Waals surface area contributed by atoms with Crippen molar-refractivity contribution in [1.82, 2.24) is 9.88 Å². The molecule has 1 aliphatic carbocycles. The molecule has 0 spiro atoms. The predicted octanol–water partition coefficient (Wildman–Crippen LogP) is 4.63. The summed E-state index contributed by atoms with van der Waals surface area (Å²) in [7, 11) is 0. The van der Waals surface area contributed by atoms with Gasteiger partial charge < -0.3 is 14.8 Å². The lowest BCUT2D eigenvalue weighted by Gasteiger charge is -2.34. The van der Waals surface area contributed by atoms with Crippen LogP contribution in [0.5, 0.6) is 0 Å². The minimum atomic E-state index is -0.237. The average molecular weight is 476 g/mol. The van der Waals surface area contributed by atoms with Crippen LogP contribution in [0.4, 0.5) is 5.00 Å².